The molecule has 0 fully saturated rings. The van der Waals surface area contributed by atoms with Crippen molar-refractivity contribution in [2.24, 2.45) is 0 Å². The van der Waals surface area contributed by atoms with Crippen molar-refractivity contribution in [3.8, 4) is 0 Å². The minimum absolute atomic E-state index is 0.153. The second-order valence-electron chi connectivity index (χ2n) is 7.48. The van der Waals surface area contributed by atoms with E-state index >= 15 is 0 Å². The molecule has 0 bridgehead atoms. The van der Waals surface area contributed by atoms with Crippen molar-refractivity contribution >= 4 is 109 Å². The molecule has 3 N–H and O–H groups in total. The first-order valence-electron chi connectivity index (χ1n) is 10.3. The molecule has 1 unspecified atom stereocenters. The van der Waals surface area contributed by atoms with Crippen molar-refractivity contribution in [3.05, 3.63) is 46.1 Å². The highest BCUT2D eigenvalue weighted by Crippen LogP contribution is 2.39. The number of esters is 1. The molecule has 182 valence electrons. The van der Waals surface area contributed by atoms with Gasteiger partial charge in [-0.05, 0) is 97.8 Å². The molecule has 0 heterocycles. The zero-order valence-corrected chi connectivity index (χ0v) is 25.4. The Morgan fingerprint density at radius 3 is 1.79 bits per heavy atom. The van der Waals surface area contributed by atoms with E-state index in [0.717, 1.165) is 6.42 Å². The van der Waals surface area contributed by atoms with Crippen LogP contribution in [-0.4, -0.2) is 30.3 Å². The monoisotopic (exact) mass is 803 g/mol. The smallest absolute Gasteiger partial charge is 0.340 e. The molecule has 0 radical (unpaired) electrons. The molecular weight excluding hydrogens is 779 g/mol. The minimum atomic E-state index is -0.745. The summed E-state index contributed by atoms with van der Waals surface area (Å²) in [7, 11) is 0. The predicted octanol–water partition coefficient (Wildman–Crippen LogP) is 5.73. The van der Waals surface area contributed by atoms with E-state index < -0.39 is 18.5 Å². The van der Waals surface area contributed by atoms with Crippen LogP contribution in [0.5, 0.6) is 0 Å². The van der Waals surface area contributed by atoms with Gasteiger partial charge in [0.05, 0.1) is 27.6 Å². The van der Waals surface area contributed by atoms with E-state index in [9.17, 15) is 19.2 Å². The van der Waals surface area contributed by atoms with Crippen LogP contribution < -0.4 is 16.0 Å². The van der Waals surface area contributed by atoms with Gasteiger partial charge in [-0.3, -0.25) is 14.4 Å². The van der Waals surface area contributed by atoms with E-state index in [2.05, 4.69) is 29.8 Å². The van der Waals surface area contributed by atoms with Crippen molar-refractivity contribution in [3.63, 3.8) is 0 Å². The first kappa shape index (κ1) is 28.7. The third kappa shape index (κ3) is 7.50. The summed E-state index contributed by atoms with van der Waals surface area (Å²) < 4.78 is 6.74. The van der Waals surface area contributed by atoms with E-state index in [4.69, 9.17) is 4.74 Å². The van der Waals surface area contributed by atoms with E-state index in [0.29, 0.717) is 33.7 Å². The fraction of sp³-hybridized carbons (Fsp3) is 0.304. The summed E-state index contributed by atoms with van der Waals surface area (Å²) in [5.41, 5.74) is 2.71. The molecule has 0 aromatic heterocycles. The van der Waals surface area contributed by atoms with Gasteiger partial charge in [0.25, 0.3) is 5.91 Å². The second-order valence-corrected chi connectivity index (χ2v) is 10.7. The standard InChI is InChI=1S/C23H24I3N3O5/c1-5-11(2)14-6-8-15(9-7-14)29-16(32)10-34-23(33)17-18(24)21(27-12(3)30)20(26)22(19(17)25)28-13(4)31/h6-9,11H,5,10H2,1-4H3,(H,27,30)(H,28,31)(H,29,32). The summed E-state index contributed by atoms with van der Waals surface area (Å²) in [5, 5.41) is 8.10. The third-order valence-electron chi connectivity index (χ3n) is 4.83. The summed E-state index contributed by atoms with van der Waals surface area (Å²) >= 11 is 5.88. The maximum Gasteiger partial charge on any atom is 0.340 e. The number of carbonyl (C=O) groups excluding carboxylic acids is 4. The number of hydrogen-bond acceptors (Lipinski definition) is 5. The lowest BCUT2D eigenvalue weighted by atomic mass is 9.99. The maximum atomic E-state index is 12.9. The van der Waals surface area contributed by atoms with Gasteiger partial charge in [0.1, 0.15) is 0 Å². The Labute approximate surface area is 239 Å². The van der Waals surface area contributed by atoms with Crippen molar-refractivity contribution in [1.29, 1.82) is 0 Å². The number of hydrogen-bond donors (Lipinski definition) is 3. The minimum Gasteiger partial charge on any atom is -0.452 e. The second kappa shape index (κ2) is 13.0. The summed E-state index contributed by atoms with van der Waals surface area (Å²) in [5.74, 6) is -1.46. The molecule has 34 heavy (non-hydrogen) atoms. The number of halogens is 3. The van der Waals surface area contributed by atoms with Crippen LogP contribution in [-0.2, 0) is 19.1 Å². The highest BCUT2D eigenvalue weighted by molar-refractivity contribution is 14.1. The first-order chi connectivity index (χ1) is 16.0. The van der Waals surface area contributed by atoms with E-state index in [-0.39, 0.29) is 17.4 Å². The van der Waals surface area contributed by atoms with Gasteiger partial charge >= 0.3 is 5.97 Å². The first-order valence-corrected chi connectivity index (χ1v) is 13.5. The summed E-state index contributed by atoms with van der Waals surface area (Å²) in [4.78, 5) is 48.7. The van der Waals surface area contributed by atoms with Crippen LogP contribution in [0.2, 0.25) is 0 Å². The van der Waals surface area contributed by atoms with Gasteiger partial charge in [0.2, 0.25) is 11.8 Å². The van der Waals surface area contributed by atoms with Gasteiger partial charge < -0.3 is 20.7 Å². The molecule has 11 heteroatoms. The number of carbonyl (C=O) groups is 4. The zero-order valence-electron chi connectivity index (χ0n) is 19.0. The van der Waals surface area contributed by atoms with Crippen LogP contribution in [0, 0.1) is 10.7 Å². The third-order valence-corrected chi connectivity index (χ3v) is 8.07. The van der Waals surface area contributed by atoms with E-state index in [1.807, 2.05) is 92.0 Å². The summed E-state index contributed by atoms with van der Waals surface area (Å²) in [6.07, 6.45) is 1.02. The van der Waals surface area contributed by atoms with Gasteiger partial charge in [0.15, 0.2) is 6.61 Å². The molecule has 1 atom stereocenters. The van der Waals surface area contributed by atoms with Gasteiger partial charge in [-0.25, -0.2) is 4.79 Å². The quantitative estimate of drug-likeness (QED) is 0.234. The topological polar surface area (TPSA) is 114 Å². The van der Waals surface area contributed by atoms with Crippen molar-refractivity contribution in [1.82, 2.24) is 0 Å². The van der Waals surface area contributed by atoms with Crippen molar-refractivity contribution in [2.75, 3.05) is 22.6 Å². The molecule has 2 aromatic carbocycles. The Bertz CT molecular complexity index is 1080. The molecule has 0 aliphatic rings. The highest BCUT2D eigenvalue weighted by Gasteiger charge is 2.27. The molecule has 0 aliphatic carbocycles. The SMILES string of the molecule is CCC(C)c1ccc(NC(=O)COC(=O)c2c(I)c(NC(C)=O)c(I)c(NC(C)=O)c2I)cc1. The van der Waals surface area contributed by atoms with Crippen molar-refractivity contribution in [2.45, 2.75) is 40.0 Å². The predicted molar refractivity (Wildman–Crippen MR) is 157 cm³/mol. The maximum absolute atomic E-state index is 12.9. The van der Waals surface area contributed by atoms with Gasteiger partial charge in [-0.2, -0.15) is 0 Å². The number of anilines is 3. The molecule has 8 nitrogen and oxygen atoms in total. The Hall–Kier alpha value is -1.49. The summed E-state index contributed by atoms with van der Waals surface area (Å²) in [6, 6.07) is 7.54. The Kier molecular flexibility index (Phi) is 11.0. The fourth-order valence-corrected chi connectivity index (χ4v) is 7.09. The molecule has 0 spiro atoms. The van der Waals surface area contributed by atoms with Crippen molar-refractivity contribution < 1.29 is 23.9 Å². The number of benzene rings is 2. The van der Waals surface area contributed by atoms with E-state index in [1.165, 1.54) is 19.4 Å². The molecular formula is C23H24I3N3O5. The lowest BCUT2D eigenvalue weighted by Crippen LogP contribution is -2.23. The molecule has 3 amide bonds. The average Bonchev–Trinajstić information content (AvgIpc) is 2.78. The highest BCUT2D eigenvalue weighted by atomic mass is 127. The summed E-state index contributed by atoms with van der Waals surface area (Å²) in [6.45, 7) is 6.45. The van der Waals surface area contributed by atoms with E-state index in [1.54, 1.807) is 0 Å². The van der Waals surface area contributed by atoms with Gasteiger partial charge in [-0.15, -0.1) is 0 Å². The average molecular weight is 803 g/mol. The van der Waals surface area contributed by atoms with Crippen LogP contribution in [0.4, 0.5) is 17.1 Å². The fourth-order valence-electron chi connectivity index (χ4n) is 2.95. The van der Waals surface area contributed by atoms with Crippen LogP contribution >= 0.6 is 67.8 Å². The van der Waals surface area contributed by atoms with Gasteiger partial charge in [-0.1, -0.05) is 26.0 Å². The molecule has 0 aliphatic heterocycles. The number of ether oxygens (including phenoxy) is 1. The normalized spacial score (nSPS) is 11.4. The van der Waals surface area contributed by atoms with Crippen LogP contribution in [0.3, 0.4) is 0 Å². The molecule has 2 rings (SSSR count). The lowest BCUT2D eigenvalue weighted by molar-refractivity contribution is -0.119. The van der Waals surface area contributed by atoms with Crippen LogP contribution in [0.15, 0.2) is 24.3 Å². The Morgan fingerprint density at radius 2 is 1.35 bits per heavy atom. The Morgan fingerprint density at radius 1 is 0.853 bits per heavy atom. The largest absolute Gasteiger partial charge is 0.452 e. The number of rotatable bonds is 8. The Balaban J connectivity index is 2.22. The molecule has 2 aromatic rings. The molecule has 0 saturated heterocycles. The molecule has 0 saturated carbocycles. The zero-order chi connectivity index (χ0) is 25.6. The van der Waals surface area contributed by atoms with Gasteiger partial charge in [0, 0.05) is 19.5 Å². The van der Waals surface area contributed by atoms with Crippen LogP contribution in [0.1, 0.15) is 56.0 Å². The van der Waals surface area contributed by atoms with Crippen LogP contribution in [0.25, 0.3) is 0 Å². The number of nitrogens with one attached hydrogen (secondary N) is 3. The number of amides is 3. The lowest BCUT2D eigenvalue weighted by Gasteiger charge is -2.19.